The van der Waals surface area contributed by atoms with Gasteiger partial charge in [0.25, 0.3) is 5.91 Å². The van der Waals surface area contributed by atoms with Crippen LogP contribution in [0.1, 0.15) is 56.5 Å². The smallest absolute Gasteiger partial charge is 0.409 e. The quantitative estimate of drug-likeness (QED) is 0.202. The molecule has 0 saturated carbocycles. The van der Waals surface area contributed by atoms with Crippen molar-refractivity contribution < 1.29 is 48.0 Å². The number of esters is 1. The molecule has 2 aromatic rings. The Labute approximate surface area is 330 Å². The third-order valence-corrected chi connectivity index (χ3v) is 11.4. The van der Waals surface area contributed by atoms with Crippen LogP contribution < -0.4 is 20.7 Å². The molecule has 4 N–H and O–H groups in total. The Bertz CT molecular complexity index is 1910. The number of allylic oxidation sites excluding steroid dienone is 3. The summed E-state index contributed by atoms with van der Waals surface area (Å²) in [7, 11) is 5.89. The minimum Gasteiger partial charge on any atom is -0.495 e. The summed E-state index contributed by atoms with van der Waals surface area (Å²) in [5, 5.41) is 14.6. The van der Waals surface area contributed by atoms with E-state index in [0.29, 0.717) is 23.5 Å². The number of amides is 3. The summed E-state index contributed by atoms with van der Waals surface area (Å²) in [6.07, 6.45) is 0.645. The summed E-state index contributed by atoms with van der Waals surface area (Å²) < 4.78 is 29.2. The first-order valence-electron chi connectivity index (χ1n) is 17.7. The van der Waals surface area contributed by atoms with E-state index >= 15 is 0 Å². The second kappa shape index (κ2) is 16.4. The van der Waals surface area contributed by atoms with E-state index in [1.165, 1.54) is 56.2 Å². The summed E-state index contributed by atoms with van der Waals surface area (Å²) in [5.74, 6) is -2.04. The van der Waals surface area contributed by atoms with Gasteiger partial charge in [-0.25, -0.2) is 9.59 Å². The van der Waals surface area contributed by atoms with Crippen LogP contribution in [0.2, 0.25) is 10.0 Å². The van der Waals surface area contributed by atoms with Crippen LogP contribution in [0.15, 0.2) is 54.1 Å². The molecule has 55 heavy (non-hydrogen) atoms. The lowest BCUT2D eigenvalue weighted by Gasteiger charge is -2.42. The molecule has 0 aliphatic carbocycles. The molecule has 4 bridgehead atoms. The molecule has 3 heterocycles. The fraction of sp³-hybridized carbons (Fsp3) is 0.487. The highest BCUT2D eigenvalue weighted by molar-refractivity contribution is 6.35. The van der Waals surface area contributed by atoms with Crippen molar-refractivity contribution in [3.63, 3.8) is 0 Å². The van der Waals surface area contributed by atoms with Gasteiger partial charge < -0.3 is 44.3 Å². The Hall–Kier alpha value is -4.34. The van der Waals surface area contributed by atoms with Crippen LogP contribution in [0.5, 0.6) is 5.75 Å². The van der Waals surface area contributed by atoms with E-state index < -0.39 is 71.6 Å². The van der Waals surface area contributed by atoms with Crippen molar-refractivity contribution in [1.29, 1.82) is 0 Å². The first kappa shape index (κ1) is 41.8. The summed E-state index contributed by atoms with van der Waals surface area (Å²) in [5.41, 5.74) is 5.25. The second-order valence-electron chi connectivity index (χ2n) is 14.6. The van der Waals surface area contributed by atoms with E-state index in [4.69, 9.17) is 52.6 Å². The van der Waals surface area contributed by atoms with Gasteiger partial charge in [0, 0.05) is 39.2 Å². The molecule has 2 aromatic carbocycles. The van der Waals surface area contributed by atoms with Crippen molar-refractivity contribution in [1.82, 2.24) is 10.2 Å². The number of aliphatic hydroxyl groups is 1. The zero-order valence-corrected chi connectivity index (χ0v) is 33.6. The number of carbonyl (C=O) groups is 4. The normalized spacial score (nSPS) is 30.4. The van der Waals surface area contributed by atoms with Crippen molar-refractivity contribution in [3.05, 3.63) is 75.3 Å². The van der Waals surface area contributed by atoms with Crippen molar-refractivity contribution in [2.24, 2.45) is 5.92 Å². The van der Waals surface area contributed by atoms with Gasteiger partial charge in [-0.3, -0.25) is 14.9 Å². The maximum atomic E-state index is 14.2. The first-order valence-corrected chi connectivity index (χ1v) is 18.5. The molecule has 2 saturated heterocycles. The lowest BCUT2D eigenvalue weighted by Crippen LogP contribution is -2.63. The Morgan fingerprint density at radius 2 is 1.89 bits per heavy atom. The molecule has 14 nitrogen and oxygen atoms in total. The van der Waals surface area contributed by atoms with Crippen molar-refractivity contribution >= 4 is 58.5 Å². The third-order valence-electron chi connectivity index (χ3n) is 10.7. The monoisotopic (exact) mass is 802 g/mol. The minimum atomic E-state index is -1.85. The maximum absolute atomic E-state index is 14.2. The topological polar surface area (TPSA) is 182 Å². The summed E-state index contributed by atoms with van der Waals surface area (Å²) in [4.78, 5) is 56.9. The molecule has 5 rings (SSSR count). The predicted octanol–water partition coefficient (Wildman–Crippen LogP) is 5.06. The molecule has 3 aliphatic rings. The van der Waals surface area contributed by atoms with Gasteiger partial charge in [0.05, 0.1) is 35.9 Å². The molecule has 8 atom stereocenters. The number of carbonyl (C=O) groups excluding carboxylic acids is 4. The van der Waals surface area contributed by atoms with Crippen LogP contribution in [-0.4, -0.2) is 104 Å². The van der Waals surface area contributed by atoms with Gasteiger partial charge in [-0.2, -0.15) is 0 Å². The first-order chi connectivity index (χ1) is 25.8. The number of alkyl carbamates (subject to hydrolysis) is 1. The van der Waals surface area contributed by atoms with Crippen LogP contribution in [0, 0.1) is 5.92 Å². The number of hydrogen-bond acceptors (Lipinski definition) is 11. The number of nitrogens with two attached hydrogens (primary N) is 1. The van der Waals surface area contributed by atoms with E-state index in [-0.39, 0.29) is 28.5 Å². The van der Waals surface area contributed by atoms with Crippen LogP contribution in [-0.2, 0) is 35.0 Å². The molecule has 3 amide bonds. The number of ether oxygens (including phenoxy) is 5. The van der Waals surface area contributed by atoms with E-state index in [9.17, 15) is 24.3 Å². The molecule has 0 aromatic heterocycles. The van der Waals surface area contributed by atoms with E-state index in [1.54, 1.807) is 45.2 Å². The standard InChI is InChI=1S/C39H48Cl2N4O10/c1-20-10-9-11-30(52-8)39(50)19-29(53-37(49)43-39)21(2)34-38(4,55-34)31(18-32(46)45(6)27-15-23(14-20)16-28(51-7)33(27)41)54-36(48)22(3)44(5)35(47)25-13-12-24(42)17-26(25)40/h9-13,15-17,21-22,29-31,34,50H,14,18-19,42H2,1-8H3,(H,43,49)/b11-9+,20-10+/t21-,22+,29?,30-,31+,34?,38+,39+/m1/s1. The highest BCUT2D eigenvalue weighted by Crippen LogP contribution is 2.49. The van der Waals surface area contributed by atoms with Gasteiger partial charge in [0.15, 0.2) is 5.72 Å². The lowest BCUT2D eigenvalue weighted by molar-refractivity contribution is -0.158. The Morgan fingerprint density at radius 3 is 2.55 bits per heavy atom. The molecular weight excluding hydrogens is 755 g/mol. The molecule has 0 spiro atoms. The lowest BCUT2D eigenvalue weighted by atomic mass is 9.83. The third kappa shape index (κ3) is 8.73. The second-order valence-corrected chi connectivity index (χ2v) is 15.3. The highest BCUT2D eigenvalue weighted by Gasteiger charge is 2.64. The average molecular weight is 804 g/mol. The summed E-state index contributed by atoms with van der Waals surface area (Å²) in [6, 6.07) is 6.85. The Kier molecular flexibility index (Phi) is 12.5. The van der Waals surface area contributed by atoms with Crippen molar-refractivity contribution in [2.45, 2.75) is 88.7 Å². The zero-order chi connectivity index (χ0) is 40.6. The van der Waals surface area contributed by atoms with Crippen LogP contribution in [0.4, 0.5) is 16.2 Å². The van der Waals surface area contributed by atoms with E-state index in [1.807, 2.05) is 13.0 Å². The number of benzene rings is 2. The number of hydrogen-bond donors (Lipinski definition) is 3. The summed E-state index contributed by atoms with van der Waals surface area (Å²) >= 11 is 13.1. The van der Waals surface area contributed by atoms with Gasteiger partial charge in [0.2, 0.25) is 5.91 Å². The van der Waals surface area contributed by atoms with Gasteiger partial charge in [-0.15, -0.1) is 0 Å². The number of anilines is 2. The number of nitrogens with one attached hydrogen (secondary N) is 1. The highest BCUT2D eigenvalue weighted by atomic mass is 35.5. The molecule has 3 aliphatic heterocycles. The minimum absolute atomic E-state index is 0.0741. The van der Waals surface area contributed by atoms with Gasteiger partial charge >= 0.3 is 12.1 Å². The Balaban J connectivity index is 1.52. The van der Waals surface area contributed by atoms with Crippen molar-refractivity contribution in [2.75, 3.05) is 38.9 Å². The molecule has 2 fully saturated rings. The maximum Gasteiger partial charge on any atom is 0.409 e. The van der Waals surface area contributed by atoms with Gasteiger partial charge in [-0.1, -0.05) is 53.9 Å². The van der Waals surface area contributed by atoms with Crippen LogP contribution in [0.25, 0.3) is 0 Å². The molecular formula is C39H48Cl2N4O10. The number of nitrogens with zero attached hydrogens (tertiary/aromatic N) is 2. The predicted molar refractivity (Wildman–Crippen MR) is 206 cm³/mol. The fourth-order valence-electron chi connectivity index (χ4n) is 7.07. The number of fused-ring (bicyclic) bond motifs is 5. The number of likely N-dealkylation sites (N-methyl/N-ethyl adjacent to an activating group) is 1. The SMILES string of the molecule is COc1cc2cc(c1Cl)N(C)C(=O)C[C@H](OC(=O)[C@H](C)N(C)C(=O)c1ccc(N)cc1Cl)[C@]1(C)OC1[C@H](C)C1C[C@@](O)(NC(=O)O1)[C@H](OC)/C=C/C=C(\C)C2. The average Bonchev–Trinajstić information content (AvgIpc) is 3.83. The molecule has 2 unspecified atom stereocenters. The molecule has 298 valence electrons. The number of halogens is 2. The summed E-state index contributed by atoms with van der Waals surface area (Å²) in [6.45, 7) is 6.87. The number of nitrogen functional groups attached to an aromatic ring is 1. The van der Waals surface area contributed by atoms with Crippen LogP contribution in [0.3, 0.4) is 0 Å². The molecule has 0 radical (unpaired) electrons. The van der Waals surface area contributed by atoms with Gasteiger partial charge in [0.1, 0.15) is 40.7 Å². The van der Waals surface area contributed by atoms with Gasteiger partial charge in [-0.05, 0) is 63.1 Å². The Morgan fingerprint density at radius 1 is 1.18 bits per heavy atom. The van der Waals surface area contributed by atoms with E-state index in [2.05, 4.69) is 5.32 Å². The zero-order valence-electron chi connectivity index (χ0n) is 32.1. The number of rotatable bonds is 6. The van der Waals surface area contributed by atoms with Crippen LogP contribution >= 0.6 is 23.2 Å². The fourth-order valence-corrected chi connectivity index (χ4v) is 7.66. The van der Waals surface area contributed by atoms with E-state index in [0.717, 1.165) is 11.1 Å². The number of epoxide rings is 1. The number of methoxy groups -OCH3 is 2. The molecule has 16 heteroatoms. The van der Waals surface area contributed by atoms with Crippen molar-refractivity contribution in [3.8, 4) is 5.75 Å². The largest absolute Gasteiger partial charge is 0.495 e.